The maximum atomic E-state index is 13.3. The first-order valence-corrected chi connectivity index (χ1v) is 7.79. The second-order valence-corrected chi connectivity index (χ2v) is 6.21. The van der Waals surface area contributed by atoms with Gasteiger partial charge in [0.15, 0.2) is 0 Å². The summed E-state index contributed by atoms with van der Waals surface area (Å²) < 4.78 is 44.0. The molecule has 0 spiro atoms. The van der Waals surface area contributed by atoms with Crippen LogP contribution < -0.4 is 0 Å². The SMILES string of the molecule is C=CCN(CC(=O)OCC)S(=O)(=O)c1cc(F)ccc1C. The minimum absolute atomic E-state index is 0.0723. The molecule has 0 aliphatic rings. The summed E-state index contributed by atoms with van der Waals surface area (Å²) in [5.74, 6) is -1.33. The van der Waals surface area contributed by atoms with E-state index in [0.29, 0.717) is 5.56 Å². The van der Waals surface area contributed by atoms with Crippen LogP contribution in [-0.4, -0.2) is 38.4 Å². The second kappa shape index (κ2) is 7.33. The van der Waals surface area contributed by atoms with Crippen molar-refractivity contribution in [1.82, 2.24) is 4.31 Å². The highest BCUT2D eigenvalue weighted by Crippen LogP contribution is 2.21. The lowest BCUT2D eigenvalue weighted by molar-refractivity contribution is -0.143. The first-order valence-electron chi connectivity index (χ1n) is 6.35. The molecule has 0 amide bonds. The van der Waals surface area contributed by atoms with Gasteiger partial charge in [0.05, 0.1) is 11.5 Å². The van der Waals surface area contributed by atoms with Gasteiger partial charge >= 0.3 is 5.97 Å². The number of aryl methyl sites for hydroxylation is 1. The van der Waals surface area contributed by atoms with Crippen molar-refractivity contribution in [3.63, 3.8) is 0 Å². The van der Waals surface area contributed by atoms with E-state index in [2.05, 4.69) is 6.58 Å². The molecule has 116 valence electrons. The van der Waals surface area contributed by atoms with E-state index in [1.165, 1.54) is 18.2 Å². The zero-order valence-electron chi connectivity index (χ0n) is 12.0. The van der Waals surface area contributed by atoms with Crippen molar-refractivity contribution in [3.05, 3.63) is 42.2 Å². The summed E-state index contributed by atoms with van der Waals surface area (Å²) in [7, 11) is -4.01. The molecule has 1 rings (SSSR count). The Hall–Kier alpha value is -1.73. The Morgan fingerprint density at radius 2 is 2.14 bits per heavy atom. The van der Waals surface area contributed by atoms with Gasteiger partial charge in [0, 0.05) is 6.54 Å². The highest BCUT2D eigenvalue weighted by Gasteiger charge is 2.28. The Bertz CT molecular complexity index is 628. The topological polar surface area (TPSA) is 63.7 Å². The third-order valence-electron chi connectivity index (χ3n) is 2.71. The molecule has 0 aromatic heterocycles. The Morgan fingerprint density at radius 3 is 2.71 bits per heavy atom. The number of hydrogen-bond donors (Lipinski definition) is 0. The molecule has 7 heteroatoms. The molecule has 0 N–H and O–H groups in total. The Balaban J connectivity index is 3.18. The van der Waals surface area contributed by atoms with E-state index >= 15 is 0 Å². The van der Waals surface area contributed by atoms with Crippen molar-refractivity contribution < 1.29 is 22.3 Å². The number of benzene rings is 1. The fourth-order valence-corrected chi connectivity index (χ4v) is 3.32. The van der Waals surface area contributed by atoms with Crippen LogP contribution in [0.25, 0.3) is 0 Å². The lowest BCUT2D eigenvalue weighted by Crippen LogP contribution is -2.37. The van der Waals surface area contributed by atoms with Crippen LogP contribution in [0, 0.1) is 12.7 Å². The number of hydrogen-bond acceptors (Lipinski definition) is 4. The summed E-state index contributed by atoms with van der Waals surface area (Å²) >= 11 is 0. The second-order valence-electron chi connectivity index (χ2n) is 4.30. The molecule has 0 unspecified atom stereocenters. The molecule has 21 heavy (non-hydrogen) atoms. The molecule has 0 saturated heterocycles. The van der Waals surface area contributed by atoms with E-state index < -0.39 is 28.4 Å². The summed E-state index contributed by atoms with van der Waals surface area (Å²) in [5.41, 5.74) is 0.398. The largest absolute Gasteiger partial charge is 0.465 e. The predicted octanol–water partition coefficient (Wildman–Crippen LogP) is 1.87. The number of rotatable bonds is 7. The van der Waals surface area contributed by atoms with Crippen LogP contribution >= 0.6 is 0 Å². The fraction of sp³-hybridized carbons (Fsp3) is 0.357. The third-order valence-corrected chi connectivity index (χ3v) is 4.67. The molecule has 0 atom stereocenters. The van der Waals surface area contributed by atoms with Crippen LogP contribution in [0.1, 0.15) is 12.5 Å². The zero-order valence-corrected chi connectivity index (χ0v) is 12.8. The van der Waals surface area contributed by atoms with Crippen LogP contribution in [0.5, 0.6) is 0 Å². The number of nitrogens with zero attached hydrogens (tertiary/aromatic N) is 1. The molecule has 0 aliphatic carbocycles. The van der Waals surface area contributed by atoms with Gasteiger partial charge in [-0.25, -0.2) is 12.8 Å². The summed E-state index contributed by atoms with van der Waals surface area (Å²) in [6.45, 7) is 6.29. The van der Waals surface area contributed by atoms with Gasteiger partial charge in [-0.1, -0.05) is 12.1 Å². The molecule has 0 heterocycles. The molecular formula is C14H18FNO4S. The van der Waals surface area contributed by atoms with Gasteiger partial charge in [-0.15, -0.1) is 6.58 Å². The molecule has 0 bridgehead atoms. The molecule has 5 nitrogen and oxygen atoms in total. The normalized spacial score (nSPS) is 11.4. The van der Waals surface area contributed by atoms with Crippen LogP contribution in [0.15, 0.2) is 35.7 Å². The molecule has 0 fully saturated rings. The summed E-state index contributed by atoms with van der Waals surface area (Å²) in [5, 5.41) is 0. The minimum atomic E-state index is -4.01. The van der Waals surface area contributed by atoms with Crippen LogP contribution in [0.2, 0.25) is 0 Å². The third kappa shape index (κ3) is 4.37. The lowest BCUT2D eigenvalue weighted by Gasteiger charge is -2.20. The maximum Gasteiger partial charge on any atom is 0.321 e. The average molecular weight is 315 g/mol. The number of esters is 1. The number of ether oxygens (including phenoxy) is 1. The van der Waals surface area contributed by atoms with Gasteiger partial charge in [0.25, 0.3) is 0 Å². The zero-order chi connectivity index (χ0) is 16.0. The Labute approximate surface area is 124 Å². The molecule has 1 aromatic carbocycles. The van der Waals surface area contributed by atoms with Crippen LogP contribution in [-0.2, 0) is 19.6 Å². The number of halogens is 1. The van der Waals surface area contributed by atoms with E-state index in [4.69, 9.17) is 4.74 Å². The molecule has 0 radical (unpaired) electrons. The molecular weight excluding hydrogens is 297 g/mol. The van der Waals surface area contributed by atoms with Crippen molar-refractivity contribution in [2.75, 3.05) is 19.7 Å². The van der Waals surface area contributed by atoms with Crippen molar-refractivity contribution in [2.45, 2.75) is 18.7 Å². The summed E-state index contributed by atoms with van der Waals surface area (Å²) in [4.78, 5) is 11.3. The van der Waals surface area contributed by atoms with E-state index in [-0.39, 0.29) is 18.0 Å². The van der Waals surface area contributed by atoms with Gasteiger partial charge in [-0.05, 0) is 31.5 Å². The van der Waals surface area contributed by atoms with Crippen LogP contribution in [0.4, 0.5) is 4.39 Å². The van der Waals surface area contributed by atoms with Crippen LogP contribution in [0.3, 0.4) is 0 Å². The highest BCUT2D eigenvalue weighted by molar-refractivity contribution is 7.89. The van der Waals surface area contributed by atoms with Crippen molar-refractivity contribution in [2.24, 2.45) is 0 Å². The van der Waals surface area contributed by atoms with E-state index in [9.17, 15) is 17.6 Å². The van der Waals surface area contributed by atoms with Crippen molar-refractivity contribution in [3.8, 4) is 0 Å². The molecule has 0 aliphatic heterocycles. The van der Waals surface area contributed by atoms with Crippen molar-refractivity contribution >= 4 is 16.0 Å². The first-order chi connectivity index (χ1) is 9.82. The van der Waals surface area contributed by atoms with Crippen molar-refractivity contribution in [1.29, 1.82) is 0 Å². The maximum absolute atomic E-state index is 13.3. The van der Waals surface area contributed by atoms with Gasteiger partial charge in [0.1, 0.15) is 12.4 Å². The van der Waals surface area contributed by atoms with E-state index in [1.54, 1.807) is 13.8 Å². The van der Waals surface area contributed by atoms with Gasteiger partial charge < -0.3 is 4.74 Å². The van der Waals surface area contributed by atoms with Gasteiger partial charge in [0.2, 0.25) is 10.0 Å². The predicted molar refractivity (Wildman–Crippen MR) is 76.7 cm³/mol. The first kappa shape index (κ1) is 17.3. The van der Waals surface area contributed by atoms with Gasteiger partial charge in [-0.2, -0.15) is 4.31 Å². The lowest BCUT2D eigenvalue weighted by atomic mass is 10.2. The molecule has 1 aromatic rings. The van der Waals surface area contributed by atoms with E-state index in [1.807, 2.05) is 0 Å². The highest BCUT2D eigenvalue weighted by atomic mass is 32.2. The number of carbonyl (C=O) groups is 1. The molecule has 0 saturated carbocycles. The Morgan fingerprint density at radius 1 is 1.48 bits per heavy atom. The quantitative estimate of drug-likeness (QED) is 0.569. The average Bonchev–Trinajstić information content (AvgIpc) is 2.41. The number of carbonyl (C=O) groups excluding carboxylic acids is 1. The summed E-state index contributed by atoms with van der Waals surface area (Å²) in [6, 6.07) is 3.49. The monoisotopic (exact) mass is 315 g/mol. The smallest absolute Gasteiger partial charge is 0.321 e. The van der Waals surface area contributed by atoms with Gasteiger partial charge in [-0.3, -0.25) is 4.79 Å². The minimum Gasteiger partial charge on any atom is -0.465 e. The Kier molecular flexibility index (Phi) is 6.04. The fourth-order valence-electron chi connectivity index (χ4n) is 1.73. The summed E-state index contributed by atoms with van der Waals surface area (Å²) in [6.07, 6.45) is 1.35. The van der Waals surface area contributed by atoms with E-state index in [0.717, 1.165) is 10.4 Å². The standard InChI is InChI=1S/C14H18FNO4S/c1-4-8-16(10-14(17)20-5-2)21(18,19)13-9-12(15)7-6-11(13)3/h4,6-7,9H,1,5,8,10H2,2-3H3. The number of sulfonamides is 1.